The first-order valence-electron chi connectivity index (χ1n) is 8.45. The molecule has 1 saturated heterocycles. The highest BCUT2D eigenvalue weighted by atomic mass is 16.6. The second kappa shape index (κ2) is 6.23. The van der Waals surface area contributed by atoms with E-state index in [1.807, 2.05) is 17.0 Å². The standard InChI is InChI=1S/C18H19N3O4/c22-18(16-12-15(16)17-2-1-11-25-17)20-9-7-19(8-10-20)13-3-5-14(6-4-13)21(23)24/h1-6,11,15-16H,7-10,12H2/t15-,16-/m1/s1. The summed E-state index contributed by atoms with van der Waals surface area (Å²) in [6.45, 7) is 2.83. The zero-order valence-corrected chi connectivity index (χ0v) is 13.7. The van der Waals surface area contributed by atoms with Gasteiger partial charge in [0.15, 0.2) is 0 Å². The highest BCUT2D eigenvalue weighted by Gasteiger charge is 2.47. The molecule has 130 valence electrons. The molecule has 1 saturated carbocycles. The molecule has 0 bridgehead atoms. The number of anilines is 1. The van der Waals surface area contributed by atoms with E-state index in [-0.39, 0.29) is 23.4 Å². The number of rotatable bonds is 4. The summed E-state index contributed by atoms with van der Waals surface area (Å²) < 4.78 is 5.40. The Bertz CT molecular complexity index is 764. The number of hydrogen-bond acceptors (Lipinski definition) is 5. The van der Waals surface area contributed by atoms with E-state index < -0.39 is 4.92 Å². The van der Waals surface area contributed by atoms with Crippen molar-refractivity contribution >= 4 is 17.3 Å². The zero-order valence-electron chi connectivity index (χ0n) is 13.7. The van der Waals surface area contributed by atoms with E-state index in [2.05, 4.69) is 4.90 Å². The molecular formula is C18H19N3O4. The lowest BCUT2D eigenvalue weighted by molar-refractivity contribution is -0.384. The molecule has 0 spiro atoms. The van der Waals surface area contributed by atoms with Crippen molar-refractivity contribution in [3.8, 4) is 0 Å². The van der Waals surface area contributed by atoms with E-state index >= 15 is 0 Å². The molecular weight excluding hydrogens is 322 g/mol. The number of benzene rings is 1. The number of nitro groups is 1. The van der Waals surface area contributed by atoms with Gasteiger partial charge in [-0.05, 0) is 30.7 Å². The second-order valence-corrected chi connectivity index (χ2v) is 6.55. The first-order chi connectivity index (χ1) is 12.1. The molecule has 0 unspecified atom stereocenters. The Morgan fingerprint density at radius 2 is 1.84 bits per heavy atom. The minimum Gasteiger partial charge on any atom is -0.469 e. The number of nitrogens with zero attached hydrogens (tertiary/aromatic N) is 3. The molecule has 25 heavy (non-hydrogen) atoms. The van der Waals surface area contributed by atoms with Crippen molar-refractivity contribution < 1.29 is 14.1 Å². The van der Waals surface area contributed by atoms with Crippen LogP contribution in [0.4, 0.5) is 11.4 Å². The lowest BCUT2D eigenvalue weighted by Crippen LogP contribution is -2.49. The predicted octanol–water partition coefficient (Wildman–Crippen LogP) is 2.64. The topological polar surface area (TPSA) is 79.8 Å². The van der Waals surface area contributed by atoms with Crippen LogP contribution in [0, 0.1) is 16.0 Å². The number of piperazine rings is 1. The Labute approximate surface area is 145 Å². The van der Waals surface area contributed by atoms with Gasteiger partial charge in [-0.15, -0.1) is 0 Å². The van der Waals surface area contributed by atoms with Crippen molar-refractivity contribution in [2.75, 3.05) is 31.1 Å². The summed E-state index contributed by atoms with van der Waals surface area (Å²) in [5, 5.41) is 10.7. The first-order valence-corrected chi connectivity index (χ1v) is 8.45. The van der Waals surface area contributed by atoms with Crippen molar-refractivity contribution in [3.05, 3.63) is 58.5 Å². The predicted molar refractivity (Wildman–Crippen MR) is 91.4 cm³/mol. The molecule has 1 amide bonds. The van der Waals surface area contributed by atoms with E-state index in [1.54, 1.807) is 18.4 Å². The molecule has 1 aliphatic carbocycles. The maximum absolute atomic E-state index is 12.6. The maximum atomic E-state index is 12.6. The van der Waals surface area contributed by atoms with Gasteiger partial charge in [-0.1, -0.05) is 0 Å². The van der Waals surface area contributed by atoms with Crippen LogP contribution in [0.3, 0.4) is 0 Å². The van der Waals surface area contributed by atoms with Crippen LogP contribution in [-0.2, 0) is 4.79 Å². The van der Waals surface area contributed by atoms with Crippen molar-refractivity contribution in [2.24, 2.45) is 5.92 Å². The minimum atomic E-state index is -0.397. The summed E-state index contributed by atoms with van der Waals surface area (Å²) in [6, 6.07) is 10.4. The second-order valence-electron chi connectivity index (χ2n) is 6.55. The molecule has 7 heteroatoms. The summed E-state index contributed by atoms with van der Waals surface area (Å²) in [5.41, 5.74) is 1.05. The van der Waals surface area contributed by atoms with Crippen LogP contribution >= 0.6 is 0 Å². The highest BCUT2D eigenvalue weighted by molar-refractivity contribution is 5.83. The molecule has 1 aliphatic heterocycles. The molecule has 0 radical (unpaired) electrons. The number of carbonyl (C=O) groups is 1. The van der Waals surface area contributed by atoms with Gasteiger partial charge in [-0.2, -0.15) is 0 Å². The number of hydrogen-bond donors (Lipinski definition) is 0. The number of non-ortho nitro benzene ring substituents is 1. The quantitative estimate of drug-likeness (QED) is 0.631. The van der Waals surface area contributed by atoms with Crippen LogP contribution in [-0.4, -0.2) is 41.9 Å². The third kappa shape index (κ3) is 3.09. The van der Waals surface area contributed by atoms with Crippen LogP contribution in [0.2, 0.25) is 0 Å². The minimum absolute atomic E-state index is 0.0528. The smallest absolute Gasteiger partial charge is 0.269 e. The molecule has 4 rings (SSSR count). The van der Waals surface area contributed by atoms with Crippen molar-refractivity contribution in [1.29, 1.82) is 0 Å². The van der Waals surface area contributed by atoms with E-state index in [0.717, 1.165) is 31.0 Å². The Hall–Kier alpha value is -2.83. The lowest BCUT2D eigenvalue weighted by atomic mass is 10.2. The van der Waals surface area contributed by atoms with Gasteiger partial charge in [-0.3, -0.25) is 14.9 Å². The number of furan rings is 1. The van der Waals surface area contributed by atoms with Crippen molar-refractivity contribution in [1.82, 2.24) is 4.90 Å². The van der Waals surface area contributed by atoms with Gasteiger partial charge in [0.05, 0.1) is 11.2 Å². The maximum Gasteiger partial charge on any atom is 0.269 e. The molecule has 2 atom stereocenters. The Morgan fingerprint density at radius 3 is 2.44 bits per heavy atom. The van der Waals surface area contributed by atoms with Gasteiger partial charge < -0.3 is 14.2 Å². The van der Waals surface area contributed by atoms with Gasteiger partial charge in [0.25, 0.3) is 5.69 Å². The average Bonchev–Trinajstić information content (AvgIpc) is 3.26. The monoisotopic (exact) mass is 341 g/mol. The van der Waals surface area contributed by atoms with Crippen LogP contribution in [0.5, 0.6) is 0 Å². The summed E-state index contributed by atoms with van der Waals surface area (Å²) in [7, 11) is 0. The van der Waals surface area contributed by atoms with Gasteiger partial charge in [-0.25, -0.2) is 0 Å². The summed E-state index contributed by atoms with van der Waals surface area (Å²) >= 11 is 0. The Kier molecular flexibility index (Phi) is 3.91. The molecule has 0 N–H and O–H groups in total. The van der Waals surface area contributed by atoms with Crippen LogP contribution in [0.15, 0.2) is 47.1 Å². The number of nitro benzene ring substituents is 1. The van der Waals surface area contributed by atoms with Crippen molar-refractivity contribution in [2.45, 2.75) is 12.3 Å². The van der Waals surface area contributed by atoms with Gasteiger partial charge in [0.1, 0.15) is 5.76 Å². The summed E-state index contributed by atoms with van der Waals surface area (Å²) in [4.78, 5) is 27.0. The SMILES string of the molecule is O=C([C@@H]1C[C@H]1c1ccco1)N1CCN(c2ccc([N+](=O)[O-])cc2)CC1. The summed E-state index contributed by atoms with van der Waals surface area (Å²) in [6.07, 6.45) is 2.52. The van der Waals surface area contributed by atoms with E-state index in [1.165, 1.54) is 12.1 Å². The van der Waals surface area contributed by atoms with Crippen LogP contribution < -0.4 is 4.90 Å². The third-order valence-electron chi connectivity index (χ3n) is 5.03. The average molecular weight is 341 g/mol. The largest absolute Gasteiger partial charge is 0.469 e. The normalized spacial score (nSPS) is 22.7. The Morgan fingerprint density at radius 1 is 1.12 bits per heavy atom. The molecule has 7 nitrogen and oxygen atoms in total. The fourth-order valence-electron chi connectivity index (χ4n) is 3.49. The number of amides is 1. The zero-order chi connectivity index (χ0) is 17.4. The molecule has 2 aromatic rings. The molecule has 1 aromatic carbocycles. The van der Waals surface area contributed by atoms with Crippen molar-refractivity contribution in [3.63, 3.8) is 0 Å². The van der Waals surface area contributed by atoms with Gasteiger partial charge in [0, 0.05) is 55.8 Å². The lowest BCUT2D eigenvalue weighted by Gasteiger charge is -2.36. The number of carbonyl (C=O) groups excluding carboxylic acids is 1. The molecule has 2 heterocycles. The Balaban J connectivity index is 1.32. The highest BCUT2D eigenvalue weighted by Crippen LogP contribution is 2.48. The summed E-state index contributed by atoms with van der Waals surface area (Å²) in [5.74, 6) is 1.40. The van der Waals surface area contributed by atoms with E-state index in [9.17, 15) is 14.9 Å². The van der Waals surface area contributed by atoms with Crippen LogP contribution in [0.25, 0.3) is 0 Å². The fourth-order valence-corrected chi connectivity index (χ4v) is 3.49. The van der Waals surface area contributed by atoms with Crippen LogP contribution in [0.1, 0.15) is 18.1 Å². The van der Waals surface area contributed by atoms with E-state index in [4.69, 9.17) is 4.42 Å². The first kappa shape index (κ1) is 15.7. The fraction of sp³-hybridized carbons (Fsp3) is 0.389. The molecule has 1 aromatic heterocycles. The van der Waals surface area contributed by atoms with E-state index in [0.29, 0.717) is 13.1 Å². The molecule has 2 aliphatic rings. The molecule has 2 fully saturated rings. The third-order valence-corrected chi connectivity index (χ3v) is 5.03. The van der Waals surface area contributed by atoms with Gasteiger partial charge in [0.2, 0.25) is 5.91 Å². The van der Waals surface area contributed by atoms with Gasteiger partial charge >= 0.3 is 0 Å².